The molecule has 4 unspecified atom stereocenters. The molecule has 2 heteroatoms. The van der Waals surface area contributed by atoms with Crippen LogP contribution in [0.5, 0.6) is 0 Å². The molecule has 19 heavy (non-hydrogen) atoms. The molecule has 0 heterocycles. The number of hydrogen-bond donors (Lipinski definition) is 1. The van der Waals surface area contributed by atoms with Gasteiger partial charge in [0.05, 0.1) is 0 Å². The molecule has 4 atom stereocenters. The normalized spacial score (nSPS) is 36.9. The predicted molar refractivity (Wildman–Crippen MR) is 88.0 cm³/mol. The van der Waals surface area contributed by atoms with Gasteiger partial charge in [-0.05, 0) is 44.6 Å². The minimum absolute atomic E-state index is 0.796. The minimum Gasteiger partial charge on any atom is -0.313 e. The summed E-state index contributed by atoms with van der Waals surface area (Å²) in [4.78, 5) is 0. The zero-order valence-electron chi connectivity index (χ0n) is 13.0. The molecule has 2 fully saturated rings. The van der Waals surface area contributed by atoms with Crippen LogP contribution in [0.4, 0.5) is 0 Å². The fourth-order valence-electron chi connectivity index (χ4n) is 3.75. The number of hydrogen-bond acceptors (Lipinski definition) is 2. The summed E-state index contributed by atoms with van der Waals surface area (Å²) < 4.78 is 0. The van der Waals surface area contributed by atoms with Gasteiger partial charge in [0.1, 0.15) is 0 Å². The van der Waals surface area contributed by atoms with E-state index in [1.54, 1.807) is 0 Å². The van der Waals surface area contributed by atoms with Gasteiger partial charge >= 0.3 is 0 Å². The maximum absolute atomic E-state index is 3.84. The third-order valence-electron chi connectivity index (χ3n) is 4.86. The molecular formula is C17H33NS. The van der Waals surface area contributed by atoms with Crippen LogP contribution < -0.4 is 5.32 Å². The molecular weight excluding hydrogens is 250 g/mol. The van der Waals surface area contributed by atoms with Gasteiger partial charge in [-0.3, -0.25) is 0 Å². The lowest BCUT2D eigenvalue weighted by Gasteiger charge is -2.33. The van der Waals surface area contributed by atoms with E-state index in [1.165, 1.54) is 70.8 Å². The zero-order chi connectivity index (χ0) is 13.5. The van der Waals surface area contributed by atoms with Crippen LogP contribution in [0, 0.1) is 5.92 Å². The highest BCUT2D eigenvalue weighted by Gasteiger charge is 2.28. The van der Waals surface area contributed by atoms with Gasteiger partial charge in [-0.1, -0.05) is 46.0 Å². The second-order valence-corrected chi connectivity index (χ2v) is 8.31. The van der Waals surface area contributed by atoms with Crippen molar-refractivity contribution in [1.82, 2.24) is 5.32 Å². The molecule has 0 aromatic carbocycles. The van der Waals surface area contributed by atoms with Gasteiger partial charge in [0.2, 0.25) is 0 Å². The van der Waals surface area contributed by atoms with E-state index in [1.807, 2.05) is 0 Å². The van der Waals surface area contributed by atoms with Crippen molar-refractivity contribution in [3.05, 3.63) is 0 Å². The molecule has 2 aliphatic rings. The fourth-order valence-corrected chi connectivity index (χ4v) is 5.71. The van der Waals surface area contributed by atoms with Crippen LogP contribution in [-0.4, -0.2) is 23.1 Å². The van der Waals surface area contributed by atoms with Gasteiger partial charge in [-0.25, -0.2) is 0 Å². The number of rotatable bonds is 5. The molecule has 0 spiro atoms. The Morgan fingerprint density at radius 2 is 1.84 bits per heavy atom. The molecule has 0 bridgehead atoms. The van der Waals surface area contributed by atoms with Crippen molar-refractivity contribution in [1.29, 1.82) is 0 Å². The number of thioether (sulfide) groups is 1. The molecule has 2 saturated carbocycles. The summed E-state index contributed by atoms with van der Waals surface area (Å²) in [5.41, 5.74) is 0. The average molecular weight is 284 g/mol. The first-order valence-corrected chi connectivity index (χ1v) is 9.62. The Bertz CT molecular complexity index is 243. The lowest BCUT2D eigenvalue weighted by molar-refractivity contribution is 0.391. The minimum atomic E-state index is 0.796. The highest BCUT2D eigenvalue weighted by atomic mass is 32.2. The van der Waals surface area contributed by atoms with E-state index in [0.717, 1.165) is 22.5 Å². The van der Waals surface area contributed by atoms with Crippen LogP contribution in [-0.2, 0) is 0 Å². The smallest absolute Gasteiger partial charge is 0.0203 e. The maximum Gasteiger partial charge on any atom is 0.0203 e. The molecule has 112 valence electrons. The summed E-state index contributed by atoms with van der Waals surface area (Å²) in [5, 5.41) is 5.69. The molecule has 0 amide bonds. The van der Waals surface area contributed by atoms with E-state index < -0.39 is 0 Å². The van der Waals surface area contributed by atoms with Crippen molar-refractivity contribution >= 4 is 11.8 Å². The molecule has 1 nitrogen and oxygen atoms in total. The Labute approximate surface area is 124 Å². The Morgan fingerprint density at radius 3 is 2.63 bits per heavy atom. The van der Waals surface area contributed by atoms with Gasteiger partial charge in [0.25, 0.3) is 0 Å². The van der Waals surface area contributed by atoms with Gasteiger partial charge < -0.3 is 5.32 Å². The fraction of sp³-hybridized carbons (Fsp3) is 1.00. The Hall–Kier alpha value is 0.310. The molecule has 2 aliphatic carbocycles. The van der Waals surface area contributed by atoms with E-state index in [0.29, 0.717) is 0 Å². The van der Waals surface area contributed by atoms with Crippen LogP contribution >= 0.6 is 11.8 Å². The second kappa shape index (κ2) is 8.56. The zero-order valence-corrected chi connectivity index (χ0v) is 13.8. The van der Waals surface area contributed by atoms with E-state index >= 15 is 0 Å². The van der Waals surface area contributed by atoms with Crippen molar-refractivity contribution in [2.75, 3.05) is 6.54 Å². The van der Waals surface area contributed by atoms with E-state index in [2.05, 4.69) is 30.9 Å². The lowest BCUT2D eigenvalue weighted by Crippen LogP contribution is -2.39. The standard InChI is InChI=1S/C17H33NS/c1-3-12-18-16-10-5-4-6-11-17(16)19-15-9-7-8-14(2)13-15/h14-18H,3-13H2,1-2H3. The monoisotopic (exact) mass is 283 g/mol. The summed E-state index contributed by atoms with van der Waals surface area (Å²) in [6, 6.07) is 0.796. The summed E-state index contributed by atoms with van der Waals surface area (Å²) in [6.07, 6.45) is 14.4. The van der Waals surface area contributed by atoms with Crippen molar-refractivity contribution < 1.29 is 0 Å². The molecule has 0 aliphatic heterocycles. The van der Waals surface area contributed by atoms with Crippen molar-refractivity contribution in [2.24, 2.45) is 5.92 Å². The van der Waals surface area contributed by atoms with Crippen LogP contribution in [0.15, 0.2) is 0 Å². The van der Waals surface area contributed by atoms with Gasteiger partial charge in [0.15, 0.2) is 0 Å². The summed E-state index contributed by atoms with van der Waals surface area (Å²) >= 11 is 2.35. The van der Waals surface area contributed by atoms with Crippen molar-refractivity contribution in [3.8, 4) is 0 Å². The number of nitrogens with one attached hydrogen (secondary N) is 1. The second-order valence-electron chi connectivity index (χ2n) is 6.77. The van der Waals surface area contributed by atoms with Crippen LogP contribution in [0.3, 0.4) is 0 Å². The van der Waals surface area contributed by atoms with Crippen molar-refractivity contribution in [2.45, 2.75) is 94.6 Å². The Kier molecular flexibility index (Phi) is 7.07. The average Bonchev–Trinajstić information content (AvgIpc) is 2.62. The summed E-state index contributed by atoms with van der Waals surface area (Å²) in [7, 11) is 0. The van der Waals surface area contributed by atoms with Gasteiger partial charge in [-0.15, -0.1) is 0 Å². The first-order valence-electron chi connectivity index (χ1n) is 8.68. The SMILES string of the molecule is CCCNC1CCCCCC1SC1CCCC(C)C1. The predicted octanol–water partition coefficient (Wildman–Crippen LogP) is 5.00. The highest BCUT2D eigenvalue weighted by molar-refractivity contribution is 8.00. The molecule has 1 N–H and O–H groups in total. The highest BCUT2D eigenvalue weighted by Crippen LogP contribution is 2.38. The van der Waals surface area contributed by atoms with E-state index in [4.69, 9.17) is 0 Å². The summed E-state index contributed by atoms with van der Waals surface area (Å²) in [5.74, 6) is 0.971. The molecule has 2 rings (SSSR count). The molecule has 0 aromatic rings. The Morgan fingerprint density at radius 1 is 1.00 bits per heavy atom. The third-order valence-corrected chi connectivity index (χ3v) is 6.59. The lowest BCUT2D eigenvalue weighted by atomic mass is 9.90. The quantitative estimate of drug-likeness (QED) is 0.713. The van der Waals surface area contributed by atoms with E-state index in [-0.39, 0.29) is 0 Å². The van der Waals surface area contributed by atoms with Gasteiger partial charge in [0, 0.05) is 16.5 Å². The first-order chi connectivity index (χ1) is 9.29. The molecule has 0 radical (unpaired) electrons. The topological polar surface area (TPSA) is 12.0 Å². The first kappa shape index (κ1) is 15.7. The molecule has 0 saturated heterocycles. The Balaban J connectivity index is 1.85. The van der Waals surface area contributed by atoms with Gasteiger partial charge in [-0.2, -0.15) is 11.8 Å². The third kappa shape index (κ3) is 5.30. The molecule has 0 aromatic heterocycles. The van der Waals surface area contributed by atoms with E-state index in [9.17, 15) is 0 Å². The largest absolute Gasteiger partial charge is 0.313 e. The van der Waals surface area contributed by atoms with Crippen LogP contribution in [0.25, 0.3) is 0 Å². The van der Waals surface area contributed by atoms with Crippen molar-refractivity contribution in [3.63, 3.8) is 0 Å². The van der Waals surface area contributed by atoms with Crippen LogP contribution in [0.1, 0.15) is 78.1 Å². The maximum atomic E-state index is 3.84. The summed E-state index contributed by atoms with van der Waals surface area (Å²) in [6.45, 7) is 5.95. The van der Waals surface area contributed by atoms with Crippen LogP contribution in [0.2, 0.25) is 0 Å².